The van der Waals surface area contributed by atoms with E-state index in [0.29, 0.717) is 5.41 Å². The van der Waals surface area contributed by atoms with Crippen LogP contribution in [0.4, 0.5) is 0 Å². The molecule has 2 saturated carbocycles. The van der Waals surface area contributed by atoms with Crippen molar-refractivity contribution >= 4 is 0 Å². The lowest BCUT2D eigenvalue weighted by molar-refractivity contribution is 0.137. The highest BCUT2D eigenvalue weighted by molar-refractivity contribution is 4.89. The largest absolute Gasteiger partial charge is 0.311 e. The Hall–Kier alpha value is -0.0400. The van der Waals surface area contributed by atoms with E-state index in [1.54, 1.807) is 0 Å². The maximum absolute atomic E-state index is 4.00. The van der Waals surface area contributed by atoms with E-state index in [2.05, 4.69) is 33.0 Å². The quantitative estimate of drug-likeness (QED) is 0.696. The molecule has 0 aromatic heterocycles. The summed E-state index contributed by atoms with van der Waals surface area (Å²) in [5.41, 5.74) is 0.540. The molecule has 0 amide bonds. The first kappa shape index (κ1) is 15.4. The third-order valence-corrected chi connectivity index (χ3v) is 5.49. The second-order valence-corrected chi connectivity index (χ2v) is 8.32. The normalized spacial score (nSPS) is 34.7. The summed E-state index contributed by atoms with van der Waals surface area (Å²) in [6, 6.07) is 1.49. The standard InChI is InChI=1S/C18H35N/c1-14-11-17(13-18(3,4)12-14)19-15(2)16-9-7-5-6-8-10-16/h14-17,19H,5-13H2,1-4H3/t14?,15-,17?/m0/s1. The first-order valence-corrected chi connectivity index (χ1v) is 8.72. The molecule has 0 saturated heterocycles. The van der Waals surface area contributed by atoms with Crippen LogP contribution in [0.5, 0.6) is 0 Å². The fraction of sp³-hybridized carbons (Fsp3) is 1.00. The molecule has 0 spiro atoms. The first-order chi connectivity index (χ1) is 8.96. The molecule has 112 valence electrons. The summed E-state index contributed by atoms with van der Waals surface area (Å²) < 4.78 is 0. The second kappa shape index (κ2) is 6.61. The van der Waals surface area contributed by atoms with E-state index in [-0.39, 0.29) is 0 Å². The van der Waals surface area contributed by atoms with Crippen LogP contribution in [0.15, 0.2) is 0 Å². The Morgan fingerprint density at radius 1 is 1.00 bits per heavy atom. The van der Waals surface area contributed by atoms with Crippen LogP contribution in [-0.2, 0) is 0 Å². The molecule has 2 fully saturated rings. The van der Waals surface area contributed by atoms with Crippen LogP contribution < -0.4 is 5.32 Å². The first-order valence-electron chi connectivity index (χ1n) is 8.72. The Morgan fingerprint density at radius 3 is 2.21 bits per heavy atom. The number of hydrogen-bond acceptors (Lipinski definition) is 1. The number of rotatable bonds is 3. The minimum atomic E-state index is 0.540. The molecule has 19 heavy (non-hydrogen) atoms. The van der Waals surface area contributed by atoms with Crippen molar-refractivity contribution in [1.82, 2.24) is 5.32 Å². The minimum Gasteiger partial charge on any atom is -0.311 e. The van der Waals surface area contributed by atoms with Gasteiger partial charge in [0, 0.05) is 12.1 Å². The van der Waals surface area contributed by atoms with Crippen molar-refractivity contribution in [2.75, 3.05) is 0 Å². The molecule has 0 heterocycles. The van der Waals surface area contributed by atoms with Crippen molar-refractivity contribution in [2.45, 2.75) is 97.6 Å². The van der Waals surface area contributed by atoms with E-state index in [9.17, 15) is 0 Å². The van der Waals surface area contributed by atoms with E-state index in [4.69, 9.17) is 0 Å². The molecule has 1 N–H and O–H groups in total. The lowest BCUT2D eigenvalue weighted by Crippen LogP contribution is -2.46. The van der Waals surface area contributed by atoms with Crippen molar-refractivity contribution in [1.29, 1.82) is 0 Å². The van der Waals surface area contributed by atoms with E-state index in [0.717, 1.165) is 23.9 Å². The monoisotopic (exact) mass is 265 g/mol. The molecular weight excluding hydrogens is 230 g/mol. The van der Waals surface area contributed by atoms with Gasteiger partial charge in [0.05, 0.1) is 0 Å². The average molecular weight is 265 g/mol. The van der Waals surface area contributed by atoms with Gasteiger partial charge in [-0.2, -0.15) is 0 Å². The van der Waals surface area contributed by atoms with Crippen LogP contribution in [0.25, 0.3) is 0 Å². The van der Waals surface area contributed by atoms with E-state index >= 15 is 0 Å². The highest BCUT2D eigenvalue weighted by atomic mass is 15.0. The zero-order chi connectivity index (χ0) is 13.9. The predicted octanol–water partition coefficient (Wildman–Crippen LogP) is 5.15. The van der Waals surface area contributed by atoms with Crippen LogP contribution in [0.2, 0.25) is 0 Å². The molecule has 1 nitrogen and oxygen atoms in total. The van der Waals surface area contributed by atoms with Gasteiger partial charge in [-0.25, -0.2) is 0 Å². The van der Waals surface area contributed by atoms with Crippen molar-refractivity contribution in [3.63, 3.8) is 0 Å². The van der Waals surface area contributed by atoms with Crippen molar-refractivity contribution in [3.05, 3.63) is 0 Å². The van der Waals surface area contributed by atoms with Crippen molar-refractivity contribution in [3.8, 4) is 0 Å². The summed E-state index contributed by atoms with van der Waals surface area (Å²) >= 11 is 0. The molecule has 1 heteroatoms. The Bertz CT molecular complexity index is 263. The molecule has 0 bridgehead atoms. The molecule has 2 aliphatic rings. The zero-order valence-electron chi connectivity index (χ0n) is 13.7. The fourth-order valence-electron chi connectivity index (χ4n) is 4.79. The topological polar surface area (TPSA) is 12.0 Å². The second-order valence-electron chi connectivity index (χ2n) is 8.32. The maximum Gasteiger partial charge on any atom is 0.00772 e. The van der Waals surface area contributed by atoms with E-state index < -0.39 is 0 Å². The van der Waals surface area contributed by atoms with Crippen LogP contribution in [0, 0.1) is 17.3 Å². The molecule has 2 unspecified atom stereocenters. The van der Waals surface area contributed by atoms with E-state index in [1.165, 1.54) is 57.8 Å². The molecular formula is C18H35N. The van der Waals surface area contributed by atoms with Crippen LogP contribution in [0.3, 0.4) is 0 Å². The van der Waals surface area contributed by atoms with Gasteiger partial charge in [-0.05, 0) is 56.3 Å². The van der Waals surface area contributed by atoms with E-state index in [1.807, 2.05) is 0 Å². The van der Waals surface area contributed by atoms with Gasteiger partial charge in [-0.1, -0.05) is 46.5 Å². The molecule has 0 aromatic rings. The fourth-order valence-corrected chi connectivity index (χ4v) is 4.79. The summed E-state index contributed by atoms with van der Waals surface area (Å²) in [4.78, 5) is 0. The lowest BCUT2D eigenvalue weighted by Gasteiger charge is -2.41. The van der Waals surface area contributed by atoms with Crippen molar-refractivity contribution in [2.24, 2.45) is 17.3 Å². The van der Waals surface area contributed by atoms with Gasteiger partial charge in [0.25, 0.3) is 0 Å². The van der Waals surface area contributed by atoms with Gasteiger partial charge in [0.2, 0.25) is 0 Å². The summed E-state index contributed by atoms with van der Waals surface area (Å²) in [6.45, 7) is 9.79. The zero-order valence-corrected chi connectivity index (χ0v) is 13.7. The van der Waals surface area contributed by atoms with Gasteiger partial charge >= 0.3 is 0 Å². The average Bonchev–Trinajstić information content (AvgIpc) is 2.54. The summed E-state index contributed by atoms with van der Waals surface area (Å²) in [6.07, 6.45) is 12.9. The maximum atomic E-state index is 4.00. The Morgan fingerprint density at radius 2 is 1.63 bits per heavy atom. The Labute approximate surface area is 120 Å². The molecule has 2 rings (SSSR count). The summed E-state index contributed by atoms with van der Waals surface area (Å²) in [7, 11) is 0. The van der Waals surface area contributed by atoms with Crippen molar-refractivity contribution < 1.29 is 0 Å². The van der Waals surface area contributed by atoms with Crippen LogP contribution in [0.1, 0.15) is 85.5 Å². The molecule has 0 radical (unpaired) electrons. The number of hydrogen-bond donors (Lipinski definition) is 1. The van der Waals surface area contributed by atoms with Crippen LogP contribution >= 0.6 is 0 Å². The number of nitrogens with one attached hydrogen (secondary N) is 1. The van der Waals surface area contributed by atoms with Crippen LogP contribution in [-0.4, -0.2) is 12.1 Å². The highest BCUT2D eigenvalue weighted by Crippen LogP contribution is 2.39. The predicted molar refractivity (Wildman–Crippen MR) is 84.4 cm³/mol. The van der Waals surface area contributed by atoms with Gasteiger partial charge in [-0.3, -0.25) is 0 Å². The third-order valence-electron chi connectivity index (χ3n) is 5.49. The minimum absolute atomic E-state index is 0.540. The summed E-state index contributed by atoms with van der Waals surface area (Å²) in [5.74, 6) is 1.82. The molecule has 0 aromatic carbocycles. The smallest absolute Gasteiger partial charge is 0.00772 e. The lowest BCUT2D eigenvalue weighted by atomic mass is 9.70. The highest BCUT2D eigenvalue weighted by Gasteiger charge is 2.33. The molecule has 2 aliphatic carbocycles. The molecule has 3 atom stereocenters. The SMILES string of the molecule is CC1CC(N[C@@H](C)C2CCCCCC2)CC(C)(C)C1. The van der Waals surface area contributed by atoms with Gasteiger partial charge < -0.3 is 5.32 Å². The summed E-state index contributed by atoms with van der Waals surface area (Å²) in [5, 5.41) is 4.00. The Balaban J connectivity index is 1.85. The molecule has 0 aliphatic heterocycles. The van der Waals surface area contributed by atoms with Gasteiger partial charge in [-0.15, -0.1) is 0 Å². The third kappa shape index (κ3) is 4.77. The Kier molecular flexibility index (Phi) is 5.34. The van der Waals surface area contributed by atoms with Gasteiger partial charge in [0.1, 0.15) is 0 Å². The van der Waals surface area contributed by atoms with Gasteiger partial charge in [0.15, 0.2) is 0 Å².